The number of methoxy groups -OCH3 is 1. The predicted molar refractivity (Wildman–Crippen MR) is 99.8 cm³/mol. The van der Waals surface area contributed by atoms with Crippen molar-refractivity contribution in [1.82, 2.24) is 15.1 Å². The van der Waals surface area contributed by atoms with Crippen LogP contribution in [0, 0.1) is 5.92 Å². The number of likely N-dealkylation sites (tertiary alicyclic amines) is 1. The minimum Gasteiger partial charge on any atom is -0.497 e. The Morgan fingerprint density at radius 1 is 1.28 bits per heavy atom. The van der Waals surface area contributed by atoms with Gasteiger partial charge in [-0.25, -0.2) is 4.79 Å². The maximum Gasteiger partial charge on any atom is 0.317 e. The fourth-order valence-corrected chi connectivity index (χ4v) is 3.51. The second kappa shape index (κ2) is 8.09. The highest BCUT2D eigenvalue weighted by Crippen LogP contribution is 2.29. The highest BCUT2D eigenvalue weighted by molar-refractivity contribution is 5.75. The van der Waals surface area contributed by atoms with Crippen molar-refractivity contribution in [1.29, 1.82) is 0 Å². The first kappa shape index (κ1) is 18.1. The molecule has 1 N–H and O–H groups in total. The third-order valence-corrected chi connectivity index (χ3v) is 5.35. The molecule has 2 aliphatic rings. The minimum atomic E-state index is 0.0846. The van der Waals surface area contributed by atoms with E-state index in [2.05, 4.69) is 24.1 Å². The fraction of sp³-hybridized carbons (Fsp3) is 0.650. The van der Waals surface area contributed by atoms with Gasteiger partial charge in [0.25, 0.3) is 0 Å². The Morgan fingerprint density at radius 2 is 2.00 bits per heavy atom. The molecule has 1 unspecified atom stereocenters. The van der Waals surface area contributed by atoms with Crippen molar-refractivity contribution < 1.29 is 9.53 Å². The lowest BCUT2D eigenvalue weighted by Crippen LogP contribution is -2.43. The summed E-state index contributed by atoms with van der Waals surface area (Å²) in [6, 6.07) is 9.07. The molecule has 1 atom stereocenters. The van der Waals surface area contributed by atoms with Crippen molar-refractivity contribution >= 4 is 6.03 Å². The van der Waals surface area contributed by atoms with Gasteiger partial charge in [-0.3, -0.25) is 0 Å². The molecule has 1 aliphatic carbocycles. The summed E-state index contributed by atoms with van der Waals surface area (Å²) in [7, 11) is 1.67. The average Bonchev–Trinajstić information content (AvgIpc) is 3.34. The van der Waals surface area contributed by atoms with E-state index in [0.717, 1.165) is 43.8 Å². The highest BCUT2D eigenvalue weighted by Gasteiger charge is 2.33. The number of carbonyl (C=O) groups is 1. The molecule has 2 fully saturated rings. The van der Waals surface area contributed by atoms with Crippen molar-refractivity contribution in [2.45, 2.75) is 51.7 Å². The van der Waals surface area contributed by atoms with Gasteiger partial charge in [0.1, 0.15) is 5.75 Å². The summed E-state index contributed by atoms with van der Waals surface area (Å²) in [5, 5.41) is 3.18. The van der Waals surface area contributed by atoms with Crippen molar-refractivity contribution in [3.63, 3.8) is 0 Å². The van der Waals surface area contributed by atoms with Gasteiger partial charge >= 0.3 is 6.03 Å². The monoisotopic (exact) mass is 345 g/mol. The van der Waals surface area contributed by atoms with Gasteiger partial charge in [0.05, 0.1) is 7.11 Å². The number of ether oxygens (including phenoxy) is 1. The van der Waals surface area contributed by atoms with Crippen LogP contribution in [-0.2, 0) is 6.54 Å². The summed E-state index contributed by atoms with van der Waals surface area (Å²) in [4.78, 5) is 17.2. The Morgan fingerprint density at radius 3 is 2.56 bits per heavy atom. The molecule has 1 heterocycles. The van der Waals surface area contributed by atoms with Crippen LogP contribution in [0.25, 0.3) is 0 Å². The van der Waals surface area contributed by atoms with Gasteiger partial charge < -0.3 is 19.9 Å². The highest BCUT2D eigenvalue weighted by atomic mass is 16.5. The largest absolute Gasteiger partial charge is 0.497 e. The van der Waals surface area contributed by atoms with Crippen LogP contribution in [-0.4, -0.2) is 54.7 Å². The van der Waals surface area contributed by atoms with Crippen LogP contribution in [0.15, 0.2) is 24.3 Å². The molecule has 1 saturated carbocycles. The molecule has 2 amide bonds. The summed E-state index contributed by atoms with van der Waals surface area (Å²) in [6.07, 6.45) is 3.42. The summed E-state index contributed by atoms with van der Waals surface area (Å²) in [6.45, 7) is 8.18. The van der Waals surface area contributed by atoms with Gasteiger partial charge in [0.15, 0.2) is 0 Å². The number of rotatable bonds is 7. The van der Waals surface area contributed by atoms with Gasteiger partial charge in [0.2, 0.25) is 0 Å². The molecule has 25 heavy (non-hydrogen) atoms. The Labute approximate surface area is 151 Å². The lowest BCUT2D eigenvalue weighted by Gasteiger charge is -2.24. The quantitative estimate of drug-likeness (QED) is 0.826. The molecule has 0 spiro atoms. The maximum atomic E-state index is 12.7. The van der Waals surface area contributed by atoms with Gasteiger partial charge in [-0.05, 0) is 63.3 Å². The SMILES string of the molecule is COc1ccc(CN(C(=O)NCC2CCN(C(C)C)C2)C2CC2)cc1. The number of hydrogen-bond donors (Lipinski definition) is 1. The van der Waals surface area contributed by atoms with Gasteiger partial charge in [-0.15, -0.1) is 0 Å². The van der Waals surface area contributed by atoms with E-state index in [1.807, 2.05) is 29.2 Å². The van der Waals surface area contributed by atoms with E-state index in [1.54, 1.807) is 7.11 Å². The first-order valence-corrected chi connectivity index (χ1v) is 9.48. The van der Waals surface area contributed by atoms with E-state index in [1.165, 1.54) is 6.42 Å². The molecule has 0 radical (unpaired) electrons. The van der Waals surface area contributed by atoms with Crippen LogP contribution in [0.3, 0.4) is 0 Å². The van der Waals surface area contributed by atoms with Crippen molar-refractivity contribution in [2.24, 2.45) is 5.92 Å². The molecule has 1 aromatic carbocycles. The number of benzene rings is 1. The third-order valence-electron chi connectivity index (χ3n) is 5.35. The molecule has 5 heteroatoms. The van der Waals surface area contributed by atoms with E-state index < -0.39 is 0 Å². The Bertz CT molecular complexity index is 569. The summed E-state index contributed by atoms with van der Waals surface area (Å²) in [5.74, 6) is 1.43. The summed E-state index contributed by atoms with van der Waals surface area (Å²) < 4.78 is 5.21. The van der Waals surface area contributed by atoms with E-state index in [0.29, 0.717) is 24.5 Å². The zero-order valence-electron chi connectivity index (χ0n) is 15.7. The van der Waals surface area contributed by atoms with Gasteiger partial charge in [-0.1, -0.05) is 12.1 Å². The average molecular weight is 345 g/mol. The van der Waals surface area contributed by atoms with Gasteiger partial charge in [0, 0.05) is 31.7 Å². The standard InChI is InChI=1S/C20H31N3O2/c1-15(2)22-11-10-17(13-22)12-21-20(24)23(18-6-7-18)14-16-4-8-19(25-3)9-5-16/h4-5,8-9,15,17-18H,6-7,10-14H2,1-3H3,(H,21,24). The zero-order chi connectivity index (χ0) is 17.8. The van der Waals surface area contributed by atoms with Crippen LogP contribution in [0.5, 0.6) is 5.75 Å². The number of urea groups is 1. The first-order valence-electron chi connectivity index (χ1n) is 9.48. The molecule has 1 saturated heterocycles. The maximum absolute atomic E-state index is 12.7. The number of carbonyl (C=O) groups excluding carboxylic acids is 1. The Balaban J connectivity index is 1.51. The normalized spacial score (nSPS) is 20.7. The first-order chi connectivity index (χ1) is 12.1. The molecular formula is C20H31N3O2. The fourth-order valence-electron chi connectivity index (χ4n) is 3.51. The number of amides is 2. The number of nitrogens with one attached hydrogen (secondary N) is 1. The predicted octanol–water partition coefficient (Wildman–Crippen LogP) is 3.10. The molecule has 0 bridgehead atoms. The third kappa shape index (κ3) is 4.88. The topological polar surface area (TPSA) is 44.8 Å². The lowest BCUT2D eigenvalue weighted by atomic mass is 10.1. The lowest BCUT2D eigenvalue weighted by molar-refractivity contribution is 0.189. The van der Waals surface area contributed by atoms with Crippen molar-refractivity contribution in [3.8, 4) is 5.75 Å². The minimum absolute atomic E-state index is 0.0846. The van der Waals surface area contributed by atoms with Crippen LogP contribution in [0.2, 0.25) is 0 Å². The number of nitrogens with zero attached hydrogens (tertiary/aromatic N) is 2. The van der Waals surface area contributed by atoms with Crippen molar-refractivity contribution in [3.05, 3.63) is 29.8 Å². The second-order valence-electron chi connectivity index (χ2n) is 7.64. The van der Waals surface area contributed by atoms with Crippen LogP contribution in [0.1, 0.15) is 38.7 Å². The molecule has 5 nitrogen and oxygen atoms in total. The van der Waals surface area contributed by atoms with E-state index in [-0.39, 0.29) is 6.03 Å². The molecular weight excluding hydrogens is 314 g/mol. The van der Waals surface area contributed by atoms with E-state index in [4.69, 9.17) is 4.74 Å². The molecule has 1 aromatic rings. The number of hydrogen-bond acceptors (Lipinski definition) is 3. The Kier molecular flexibility index (Phi) is 5.84. The Hall–Kier alpha value is -1.75. The smallest absolute Gasteiger partial charge is 0.317 e. The van der Waals surface area contributed by atoms with Crippen LogP contribution in [0.4, 0.5) is 4.79 Å². The molecule has 1 aliphatic heterocycles. The summed E-state index contributed by atoms with van der Waals surface area (Å²) in [5.41, 5.74) is 1.15. The molecule has 3 rings (SSSR count). The van der Waals surface area contributed by atoms with E-state index >= 15 is 0 Å². The summed E-state index contributed by atoms with van der Waals surface area (Å²) >= 11 is 0. The van der Waals surface area contributed by atoms with Crippen LogP contribution < -0.4 is 10.1 Å². The van der Waals surface area contributed by atoms with Crippen molar-refractivity contribution in [2.75, 3.05) is 26.7 Å². The zero-order valence-corrected chi connectivity index (χ0v) is 15.7. The van der Waals surface area contributed by atoms with E-state index in [9.17, 15) is 4.79 Å². The van der Waals surface area contributed by atoms with Gasteiger partial charge in [-0.2, -0.15) is 0 Å². The second-order valence-corrected chi connectivity index (χ2v) is 7.64. The van der Waals surface area contributed by atoms with Crippen LogP contribution >= 0.6 is 0 Å². The molecule has 138 valence electrons. The molecule has 0 aromatic heterocycles.